The number of hydrogen-bond donors (Lipinski definition) is 1. The minimum atomic E-state index is 0.0921. The topological polar surface area (TPSA) is 35.9 Å². The van der Waals surface area contributed by atoms with E-state index in [2.05, 4.69) is 23.9 Å². The number of rotatable bonds is 4. The van der Waals surface area contributed by atoms with Crippen molar-refractivity contribution in [1.82, 2.24) is 9.80 Å². The lowest BCUT2D eigenvalue weighted by molar-refractivity contribution is -0.0101. The smallest absolute Gasteiger partial charge is 0.0811 e. The first-order valence-corrected chi connectivity index (χ1v) is 6.84. The van der Waals surface area contributed by atoms with Crippen LogP contribution in [0.15, 0.2) is 0 Å². The Morgan fingerprint density at radius 3 is 2.65 bits per heavy atom. The SMILES string of the molecule is CN(C)C1CCCN(C[C@@H]2CC[C@H](CO)O2)C1. The van der Waals surface area contributed by atoms with Crippen molar-refractivity contribution in [2.24, 2.45) is 0 Å². The van der Waals surface area contributed by atoms with Gasteiger partial charge in [-0.2, -0.15) is 0 Å². The molecule has 0 aromatic heterocycles. The van der Waals surface area contributed by atoms with E-state index >= 15 is 0 Å². The van der Waals surface area contributed by atoms with Crippen LogP contribution in [0.1, 0.15) is 25.7 Å². The van der Waals surface area contributed by atoms with Gasteiger partial charge < -0.3 is 14.7 Å². The third-order valence-corrected chi connectivity index (χ3v) is 4.07. The molecule has 0 aromatic carbocycles. The molecule has 100 valence electrons. The number of ether oxygens (including phenoxy) is 1. The van der Waals surface area contributed by atoms with Crippen molar-refractivity contribution in [1.29, 1.82) is 0 Å². The molecular formula is C13H26N2O2. The van der Waals surface area contributed by atoms with Gasteiger partial charge in [0, 0.05) is 19.1 Å². The largest absolute Gasteiger partial charge is 0.394 e. The number of likely N-dealkylation sites (N-methyl/N-ethyl adjacent to an activating group) is 1. The molecule has 2 heterocycles. The first kappa shape index (κ1) is 13.3. The van der Waals surface area contributed by atoms with Crippen LogP contribution in [0.25, 0.3) is 0 Å². The van der Waals surface area contributed by atoms with Crippen LogP contribution in [0.4, 0.5) is 0 Å². The molecule has 2 saturated heterocycles. The summed E-state index contributed by atoms with van der Waals surface area (Å²) < 4.78 is 5.80. The van der Waals surface area contributed by atoms with Gasteiger partial charge in [-0.05, 0) is 46.3 Å². The van der Waals surface area contributed by atoms with E-state index < -0.39 is 0 Å². The lowest BCUT2D eigenvalue weighted by Gasteiger charge is -2.37. The Bertz CT molecular complexity index is 235. The van der Waals surface area contributed by atoms with Gasteiger partial charge in [-0.15, -0.1) is 0 Å². The van der Waals surface area contributed by atoms with Gasteiger partial charge in [0.1, 0.15) is 0 Å². The molecule has 2 aliphatic rings. The number of piperidine rings is 1. The predicted molar refractivity (Wildman–Crippen MR) is 68.1 cm³/mol. The Hall–Kier alpha value is -0.160. The van der Waals surface area contributed by atoms with Gasteiger partial charge in [0.2, 0.25) is 0 Å². The molecule has 0 saturated carbocycles. The molecule has 4 nitrogen and oxygen atoms in total. The van der Waals surface area contributed by atoms with E-state index in [1.54, 1.807) is 0 Å². The first-order valence-electron chi connectivity index (χ1n) is 6.84. The first-order chi connectivity index (χ1) is 8.19. The van der Waals surface area contributed by atoms with Crippen molar-refractivity contribution in [2.75, 3.05) is 40.3 Å². The van der Waals surface area contributed by atoms with Crippen LogP contribution in [0.2, 0.25) is 0 Å². The van der Waals surface area contributed by atoms with Crippen molar-refractivity contribution in [3.05, 3.63) is 0 Å². The molecule has 1 N–H and O–H groups in total. The number of aliphatic hydroxyl groups excluding tert-OH is 1. The van der Waals surface area contributed by atoms with Crippen molar-refractivity contribution in [3.8, 4) is 0 Å². The molecule has 1 unspecified atom stereocenters. The van der Waals surface area contributed by atoms with Crippen molar-refractivity contribution >= 4 is 0 Å². The van der Waals surface area contributed by atoms with E-state index in [1.807, 2.05) is 0 Å². The van der Waals surface area contributed by atoms with Gasteiger partial charge in [-0.3, -0.25) is 4.90 Å². The second kappa shape index (κ2) is 6.14. The maximum Gasteiger partial charge on any atom is 0.0811 e. The van der Waals surface area contributed by atoms with E-state index in [0.717, 1.165) is 25.9 Å². The molecular weight excluding hydrogens is 216 g/mol. The third-order valence-electron chi connectivity index (χ3n) is 4.07. The Kier molecular flexibility index (Phi) is 4.79. The summed E-state index contributed by atoms with van der Waals surface area (Å²) in [7, 11) is 4.34. The Labute approximate surface area is 105 Å². The summed E-state index contributed by atoms with van der Waals surface area (Å²) >= 11 is 0. The van der Waals surface area contributed by atoms with Gasteiger partial charge in [0.05, 0.1) is 18.8 Å². The van der Waals surface area contributed by atoms with Gasteiger partial charge in [0.15, 0.2) is 0 Å². The quantitative estimate of drug-likeness (QED) is 0.781. The third kappa shape index (κ3) is 3.65. The number of aliphatic hydroxyl groups is 1. The van der Waals surface area contributed by atoms with E-state index in [-0.39, 0.29) is 12.7 Å². The normalized spacial score (nSPS) is 35.6. The van der Waals surface area contributed by atoms with Gasteiger partial charge >= 0.3 is 0 Å². The van der Waals surface area contributed by atoms with Crippen LogP contribution in [-0.2, 0) is 4.74 Å². The van der Waals surface area contributed by atoms with E-state index in [0.29, 0.717) is 12.1 Å². The molecule has 0 amide bonds. The molecule has 0 radical (unpaired) electrons. The van der Waals surface area contributed by atoms with Crippen LogP contribution in [-0.4, -0.2) is 73.5 Å². The summed E-state index contributed by atoms with van der Waals surface area (Å²) in [6.45, 7) is 3.59. The molecule has 4 heteroatoms. The summed E-state index contributed by atoms with van der Waals surface area (Å²) in [5.74, 6) is 0. The lowest BCUT2D eigenvalue weighted by Crippen LogP contribution is -2.47. The summed E-state index contributed by atoms with van der Waals surface area (Å²) in [6, 6.07) is 0.693. The predicted octanol–water partition coefficient (Wildman–Crippen LogP) is 0.552. The molecule has 2 fully saturated rings. The molecule has 0 aliphatic carbocycles. The summed E-state index contributed by atoms with van der Waals surface area (Å²) in [4.78, 5) is 4.86. The zero-order valence-corrected chi connectivity index (χ0v) is 11.1. The molecule has 2 rings (SSSR count). The van der Waals surface area contributed by atoms with Crippen LogP contribution in [0.5, 0.6) is 0 Å². The molecule has 0 bridgehead atoms. The fraction of sp³-hybridized carbons (Fsp3) is 1.00. The highest BCUT2D eigenvalue weighted by Gasteiger charge is 2.28. The Morgan fingerprint density at radius 2 is 2.00 bits per heavy atom. The second-order valence-electron chi connectivity index (χ2n) is 5.66. The zero-order chi connectivity index (χ0) is 12.3. The lowest BCUT2D eigenvalue weighted by atomic mass is 10.0. The monoisotopic (exact) mass is 242 g/mol. The number of nitrogens with zero attached hydrogens (tertiary/aromatic N) is 2. The molecule has 0 aromatic rings. The molecule has 3 atom stereocenters. The highest BCUT2D eigenvalue weighted by molar-refractivity contribution is 4.82. The highest BCUT2D eigenvalue weighted by atomic mass is 16.5. The standard InChI is InChI=1S/C13H26N2O2/c1-14(2)11-4-3-7-15(8-11)9-12-5-6-13(10-16)17-12/h11-13,16H,3-10H2,1-2H3/t11?,12-,13+/m0/s1. The number of hydrogen-bond acceptors (Lipinski definition) is 4. The second-order valence-corrected chi connectivity index (χ2v) is 5.66. The van der Waals surface area contributed by atoms with Crippen LogP contribution >= 0.6 is 0 Å². The van der Waals surface area contributed by atoms with Crippen LogP contribution < -0.4 is 0 Å². The molecule has 17 heavy (non-hydrogen) atoms. The van der Waals surface area contributed by atoms with Crippen molar-refractivity contribution in [3.63, 3.8) is 0 Å². The Balaban J connectivity index is 1.75. The fourth-order valence-corrected chi connectivity index (χ4v) is 2.96. The average molecular weight is 242 g/mol. The van der Waals surface area contributed by atoms with Gasteiger partial charge in [-0.1, -0.05) is 0 Å². The molecule has 2 aliphatic heterocycles. The van der Waals surface area contributed by atoms with E-state index in [4.69, 9.17) is 9.84 Å². The minimum Gasteiger partial charge on any atom is -0.394 e. The van der Waals surface area contributed by atoms with Gasteiger partial charge in [0.25, 0.3) is 0 Å². The summed E-state index contributed by atoms with van der Waals surface area (Å²) in [6.07, 6.45) is 5.16. The van der Waals surface area contributed by atoms with Crippen molar-refractivity contribution < 1.29 is 9.84 Å². The van der Waals surface area contributed by atoms with Crippen LogP contribution in [0.3, 0.4) is 0 Å². The summed E-state index contributed by atoms with van der Waals surface area (Å²) in [5.41, 5.74) is 0. The van der Waals surface area contributed by atoms with E-state index in [1.165, 1.54) is 19.4 Å². The average Bonchev–Trinajstić information content (AvgIpc) is 2.77. The van der Waals surface area contributed by atoms with E-state index in [9.17, 15) is 0 Å². The van der Waals surface area contributed by atoms with Crippen molar-refractivity contribution in [2.45, 2.75) is 43.9 Å². The maximum absolute atomic E-state index is 9.06. The number of likely N-dealkylation sites (tertiary alicyclic amines) is 1. The van der Waals surface area contributed by atoms with Crippen LogP contribution in [0, 0.1) is 0 Å². The molecule has 0 spiro atoms. The Morgan fingerprint density at radius 1 is 1.24 bits per heavy atom. The highest BCUT2D eigenvalue weighted by Crippen LogP contribution is 2.22. The maximum atomic E-state index is 9.06. The zero-order valence-electron chi connectivity index (χ0n) is 11.1. The summed E-state index contributed by atoms with van der Waals surface area (Å²) in [5, 5.41) is 9.06. The fourth-order valence-electron chi connectivity index (χ4n) is 2.96. The van der Waals surface area contributed by atoms with Gasteiger partial charge in [-0.25, -0.2) is 0 Å². The minimum absolute atomic E-state index is 0.0921.